The molecular formula is C19H16FN3O3. The van der Waals surface area contributed by atoms with Gasteiger partial charge in [0.2, 0.25) is 5.91 Å². The Labute approximate surface area is 148 Å². The molecule has 1 amide bonds. The van der Waals surface area contributed by atoms with Gasteiger partial charge < -0.3 is 15.2 Å². The Hall–Kier alpha value is -3.35. The van der Waals surface area contributed by atoms with E-state index in [1.807, 2.05) is 0 Å². The average molecular weight is 353 g/mol. The molecule has 0 unspecified atom stereocenters. The summed E-state index contributed by atoms with van der Waals surface area (Å²) in [5, 5.41) is 12.6. The van der Waals surface area contributed by atoms with Crippen LogP contribution in [0.5, 0.6) is 11.5 Å². The molecule has 6 nitrogen and oxygen atoms in total. The second-order valence-corrected chi connectivity index (χ2v) is 6.06. The molecule has 132 valence electrons. The highest BCUT2D eigenvalue weighted by molar-refractivity contribution is 5.94. The molecule has 1 aliphatic rings. The minimum atomic E-state index is -0.333. The zero-order valence-electron chi connectivity index (χ0n) is 13.9. The largest absolute Gasteiger partial charge is 0.504 e. The van der Waals surface area contributed by atoms with E-state index in [2.05, 4.69) is 10.3 Å². The van der Waals surface area contributed by atoms with Crippen molar-refractivity contribution in [1.29, 1.82) is 0 Å². The Balaban J connectivity index is 1.80. The topological polar surface area (TPSA) is 76.4 Å². The van der Waals surface area contributed by atoms with Crippen molar-refractivity contribution < 1.29 is 19.0 Å². The molecular weight excluding hydrogens is 337 g/mol. The van der Waals surface area contributed by atoms with Crippen molar-refractivity contribution in [3.63, 3.8) is 0 Å². The quantitative estimate of drug-likeness (QED) is 0.758. The van der Waals surface area contributed by atoms with Gasteiger partial charge in [-0.15, -0.1) is 0 Å². The predicted molar refractivity (Wildman–Crippen MR) is 93.3 cm³/mol. The van der Waals surface area contributed by atoms with Crippen molar-refractivity contribution in [1.82, 2.24) is 9.55 Å². The molecule has 0 fully saturated rings. The number of benzene rings is 2. The highest BCUT2D eigenvalue weighted by atomic mass is 19.1. The van der Waals surface area contributed by atoms with Crippen LogP contribution < -0.4 is 10.1 Å². The van der Waals surface area contributed by atoms with Crippen molar-refractivity contribution in [3.05, 3.63) is 65.9 Å². The molecule has 7 heteroatoms. The number of nitrogens with zero attached hydrogens (tertiary/aromatic N) is 2. The second kappa shape index (κ2) is 6.18. The van der Waals surface area contributed by atoms with Crippen molar-refractivity contribution in [2.75, 3.05) is 12.4 Å². The number of carbonyl (C=O) groups excluding carboxylic acids is 1. The summed E-state index contributed by atoms with van der Waals surface area (Å²) in [5.74, 6) is 0.195. The van der Waals surface area contributed by atoms with Crippen LogP contribution >= 0.6 is 0 Å². The number of imidazole rings is 1. The van der Waals surface area contributed by atoms with Crippen LogP contribution in [0.15, 0.2) is 48.8 Å². The normalized spacial score (nSPS) is 16.1. The lowest BCUT2D eigenvalue weighted by molar-refractivity contribution is -0.116. The number of aromatic hydroxyl groups is 1. The van der Waals surface area contributed by atoms with Gasteiger partial charge in [-0.2, -0.15) is 0 Å². The molecule has 0 radical (unpaired) electrons. The molecule has 4 rings (SSSR count). The van der Waals surface area contributed by atoms with Gasteiger partial charge in [-0.1, -0.05) is 6.07 Å². The predicted octanol–water partition coefficient (Wildman–Crippen LogP) is 3.20. The SMILES string of the molecule is COc1cc([C@@H]2CC(=O)Nc3c2ncn3-c2ccc(F)cc2)ccc1O. The molecule has 0 saturated heterocycles. The van der Waals surface area contributed by atoms with E-state index in [1.165, 1.54) is 25.3 Å². The second-order valence-electron chi connectivity index (χ2n) is 6.06. The van der Waals surface area contributed by atoms with Gasteiger partial charge in [0.1, 0.15) is 18.0 Å². The summed E-state index contributed by atoms with van der Waals surface area (Å²) in [5.41, 5.74) is 2.23. The zero-order valence-corrected chi connectivity index (χ0v) is 13.9. The van der Waals surface area contributed by atoms with E-state index in [4.69, 9.17) is 4.74 Å². The number of ether oxygens (including phenoxy) is 1. The van der Waals surface area contributed by atoms with Crippen LogP contribution in [0.1, 0.15) is 23.6 Å². The maximum Gasteiger partial charge on any atom is 0.226 e. The van der Waals surface area contributed by atoms with Gasteiger partial charge in [0, 0.05) is 18.0 Å². The highest BCUT2D eigenvalue weighted by Gasteiger charge is 2.31. The number of aromatic nitrogens is 2. The molecule has 1 aliphatic heterocycles. The van der Waals surface area contributed by atoms with Gasteiger partial charge in [-0.3, -0.25) is 9.36 Å². The summed E-state index contributed by atoms with van der Waals surface area (Å²) in [6, 6.07) is 11.0. The molecule has 1 atom stereocenters. The van der Waals surface area contributed by atoms with Gasteiger partial charge >= 0.3 is 0 Å². The number of rotatable bonds is 3. The number of nitrogens with one attached hydrogen (secondary N) is 1. The molecule has 0 saturated carbocycles. The third kappa shape index (κ3) is 2.67. The number of carbonyl (C=O) groups is 1. The maximum atomic E-state index is 13.2. The number of hydrogen-bond acceptors (Lipinski definition) is 4. The Morgan fingerprint density at radius 3 is 2.77 bits per heavy atom. The van der Waals surface area contributed by atoms with E-state index in [0.29, 0.717) is 22.9 Å². The third-order valence-electron chi connectivity index (χ3n) is 4.48. The standard InChI is InChI=1S/C19H16FN3O3/c1-26-16-8-11(2-7-15(16)24)14-9-17(25)22-19-18(14)21-10-23(19)13-5-3-12(20)4-6-13/h2-8,10,14,24H,9H2,1H3,(H,22,25)/t14-/m0/s1. The number of phenolic OH excluding ortho intramolecular Hbond substituents is 1. The summed E-state index contributed by atoms with van der Waals surface area (Å²) in [7, 11) is 1.47. The summed E-state index contributed by atoms with van der Waals surface area (Å²) < 4.78 is 20.1. The molecule has 2 heterocycles. The smallest absolute Gasteiger partial charge is 0.226 e. The van der Waals surface area contributed by atoms with Crippen LogP contribution in [-0.4, -0.2) is 27.7 Å². The van der Waals surface area contributed by atoms with Crippen LogP contribution in [0.2, 0.25) is 0 Å². The van der Waals surface area contributed by atoms with Gasteiger partial charge in [-0.25, -0.2) is 9.37 Å². The van der Waals surface area contributed by atoms with Gasteiger partial charge in [0.25, 0.3) is 0 Å². The molecule has 3 aromatic rings. The lowest BCUT2D eigenvalue weighted by Gasteiger charge is -2.23. The zero-order chi connectivity index (χ0) is 18.3. The first kappa shape index (κ1) is 16.1. The van der Waals surface area contributed by atoms with E-state index in [1.54, 1.807) is 35.2 Å². The number of fused-ring (bicyclic) bond motifs is 1. The van der Waals surface area contributed by atoms with E-state index >= 15 is 0 Å². The maximum absolute atomic E-state index is 13.2. The number of halogens is 1. The van der Waals surface area contributed by atoms with Crippen molar-refractivity contribution in [3.8, 4) is 17.2 Å². The minimum absolute atomic E-state index is 0.0357. The monoisotopic (exact) mass is 353 g/mol. The molecule has 0 bridgehead atoms. The summed E-state index contributed by atoms with van der Waals surface area (Å²) in [6.07, 6.45) is 1.84. The number of phenols is 1. The summed E-state index contributed by atoms with van der Waals surface area (Å²) >= 11 is 0. The number of anilines is 1. The Morgan fingerprint density at radius 2 is 2.04 bits per heavy atom. The molecule has 0 spiro atoms. The van der Waals surface area contributed by atoms with E-state index in [0.717, 1.165) is 5.56 Å². The van der Waals surface area contributed by atoms with Gasteiger partial charge in [-0.05, 0) is 42.0 Å². The summed E-state index contributed by atoms with van der Waals surface area (Å²) in [4.78, 5) is 16.8. The third-order valence-corrected chi connectivity index (χ3v) is 4.48. The first-order chi connectivity index (χ1) is 12.6. The Morgan fingerprint density at radius 1 is 1.27 bits per heavy atom. The van der Waals surface area contributed by atoms with Crippen molar-refractivity contribution >= 4 is 11.7 Å². The first-order valence-electron chi connectivity index (χ1n) is 8.06. The number of amides is 1. The molecule has 2 aromatic carbocycles. The van der Waals surface area contributed by atoms with Crippen LogP contribution in [0.25, 0.3) is 5.69 Å². The van der Waals surface area contributed by atoms with Crippen molar-refractivity contribution in [2.45, 2.75) is 12.3 Å². The summed E-state index contributed by atoms with van der Waals surface area (Å²) in [6.45, 7) is 0. The van der Waals surface area contributed by atoms with Crippen molar-refractivity contribution in [2.24, 2.45) is 0 Å². The van der Waals surface area contributed by atoms with Crippen LogP contribution in [0, 0.1) is 5.82 Å². The minimum Gasteiger partial charge on any atom is -0.504 e. The lowest BCUT2D eigenvalue weighted by atomic mass is 9.89. The van der Waals surface area contributed by atoms with E-state index in [9.17, 15) is 14.3 Å². The fourth-order valence-electron chi connectivity index (χ4n) is 3.19. The fourth-order valence-corrected chi connectivity index (χ4v) is 3.19. The highest BCUT2D eigenvalue weighted by Crippen LogP contribution is 2.39. The van der Waals surface area contributed by atoms with Gasteiger partial charge in [0.15, 0.2) is 11.5 Å². The molecule has 26 heavy (non-hydrogen) atoms. The van der Waals surface area contributed by atoms with Crippen LogP contribution in [0.3, 0.4) is 0 Å². The van der Waals surface area contributed by atoms with E-state index in [-0.39, 0.29) is 29.8 Å². The molecule has 0 aliphatic carbocycles. The fraction of sp³-hybridized carbons (Fsp3) is 0.158. The average Bonchev–Trinajstić information content (AvgIpc) is 3.06. The number of methoxy groups -OCH3 is 1. The van der Waals surface area contributed by atoms with Gasteiger partial charge in [0.05, 0.1) is 12.8 Å². The molecule has 1 aromatic heterocycles. The first-order valence-corrected chi connectivity index (χ1v) is 8.06. The van der Waals surface area contributed by atoms with E-state index < -0.39 is 0 Å². The number of hydrogen-bond donors (Lipinski definition) is 2. The van der Waals surface area contributed by atoms with Crippen LogP contribution in [0.4, 0.5) is 10.2 Å². The Kier molecular flexibility index (Phi) is 3.84. The lowest BCUT2D eigenvalue weighted by Crippen LogP contribution is -2.24. The van der Waals surface area contributed by atoms with Crippen LogP contribution in [-0.2, 0) is 4.79 Å². The molecule has 2 N–H and O–H groups in total. The Bertz CT molecular complexity index is 982.